The fourth-order valence-corrected chi connectivity index (χ4v) is 4.25. The van der Waals surface area contributed by atoms with Crippen molar-refractivity contribution in [2.24, 2.45) is 5.92 Å². The summed E-state index contributed by atoms with van der Waals surface area (Å²) in [6, 6.07) is 9.59. The van der Waals surface area contributed by atoms with Gasteiger partial charge in [0.05, 0.1) is 18.3 Å². The zero-order chi connectivity index (χ0) is 17.4. The van der Waals surface area contributed by atoms with Gasteiger partial charge in [-0.05, 0) is 37.7 Å². The van der Waals surface area contributed by atoms with Crippen molar-refractivity contribution in [1.82, 2.24) is 4.72 Å². The predicted molar refractivity (Wildman–Crippen MR) is 91.0 cm³/mol. The number of sulfonamides is 1. The Kier molecular flexibility index (Phi) is 7.20. The van der Waals surface area contributed by atoms with Gasteiger partial charge >= 0.3 is 5.97 Å². The lowest BCUT2D eigenvalue weighted by Crippen LogP contribution is -2.39. The topological polar surface area (TPSA) is 92.7 Å². The van der Waals surface area contributed by atoms with Crippen molar-refractivity contribution in [2.75, 3.05) is 12.4 Å². The van der Waals surface area contributed by atoms with Crippen molar-refractivity contribution in [1.29, 1.82) is 0 Å². The molecule has 0 amide bonds. The number of rotatable bonds is 9. The zero-order valence-electron chi connectivity index (χ0n) is 13.7. The maximum Gasteiger partial charge on any atom is 0.306 e. The van der Waals surface area contributed by atoms with Gasteiger partial charge in [0.2, 0.25) is 10.0 Å². The second-order valence-electron chi connectivity index (χ2n) is 6.22. The van der Waals surface area contributed by atoms with Crippen molar-refractivity contribution < 1.29 is 23.1 Å². The second kappa shape index (κ2) is 9.15. The first-order valence-corrected chi connectivity index (χ1v) is 9.96. The zero-order valence-corrected chi connectivity index (χ0v) is 14.5. The van der Waals surface area contributed by atoms with E-state index in [4.69, 9.17) is 9.84 Å². The Hall–Kier alpha value is -1.44. The molecule has 0 saturated heterocycles. The molecule has 0 heterocycles. The number of hydrogen-bond acceptors (Lipinski definition) is 4. The van der Waals surface area contributed by atoms with Gasteiger partial charge < -0.3 is 9.84 Å². The van der Waals surface area contributed by atoms with Gasteiger partial charge in [-0.1, -0.05) is 30.3 Å². The monoisotopic (exact) mass is 355 g/mol. The summed E-state index contributed by atoms with van der Waals surface area (Å²) in [7, 11) is -3.34. The van der Waals surface area contributed by atoms with Gasteiger partial charge in [-0.3, -0.25) is 4.79 Å². The number of carboxylic acids is 1. The van der Waals surface area contributed by atoms with Gasteiger partial charge in [0.15, 0.2) is 0 Å². The first-order valence-electron chi connectivity index (χ1n) is 8.31. The fourth-order valence-electron chi connectivity index (χ4n) is 2.89. The van der Waals surface area contributed by atoms with Crippen LogP contribution in [0.1, 0.15) is 37.7 Å². The third-order valence-corrected chi connectivity index (χ3v) is 5.75. The van der Waals surface area contributed by atoms with Crippen molar-refractivity contribution in [2.45, 2.75) is 44.8 Å². The summed E-state index contributed by atoms with van der Waals surface area (Å²) in [5.74, 6) is -1.09. The Morgan fingerprint density at radius 2 is 1.83 bits per heavy atom. The van der Waals surface area contributed by atoms with Crippen molar-refractivity contribution >= 4 is 16.0 Å². The standard InChI is InChI=1S/C17H25NO5S/c19-17(20)15-7-9-16(10-8-15)18-24(21,22)12-4-11-23-13-14-5-2-1-3-6-14/h1-3,5-6,15-16,18H,4,7-13H2,(H,19,20). The molecule has 0 unspecified atom stereocenters. The van der Waals surface area contributed by atoms with Crippen molar-refractivity contribution in [3.8, 4) is 0 Å². The normalized spacial score (nSPS) is 21.5. The highest BCUT2D eigenvalue weighted by atomic mass is 32.2. The minimum atomic E-state index is -3.34. The molecule has 0 spiro atoms. The van der Waals surface area contributed by atoms with Crippen LogP contribution in [-0.4, -0.2) is 37.9 Å². The molecule has 2 rings (SSSR count). The molecule has 1 aliphatic rings. The maximum atomic E-state index is 12.1. The fraction of sp³-hybridized carbons (Fsp3) is 0.588. The molecule has 1 aliphatic carbocycles. The highest BCUT2D eigenvalue weighted by Crippen LogP contribution is 2.24. The third-order valence-electron chi connectivity index (χ3n) is 4.24. The Morgan fingerprint density at radius 1 is 1.17 bits per heavy atom. The first-order chi connectivity index (χ1) is 11.5. The summed E-state index contributed by atoms with van der Waals surface area (Å²) in [5.41, 5.74) is 1.06. The van der Waals surface area contributed by atoms with Gasteiger partial charge in [-0.25, -0.2) is 13.1 Å². The van der Waals surface area contributed by atoms with E-state index < -0.39 is 16.0 Å². The van der Waals surface area contributed by atoms with E-state index in [2.05, 4.69) is 4.72 Å². The maximum absolute atomic E-state index is 12.1. The smallest absolute Gasteiger partial charge is 0.306 e. The first kappa shape index (κ1) is 18.9. The average molecular weight is 355 g/mol. The summed E-state index contributed by atoms with van der Waals surface area (Å²) < 4.78 is 32.3. The van der Waals surface area contributed by atoms with Crippen LogP contribution in [0.25, 0.3) is 0 Å². The highest BCUT2D eigenvalue weighted by Gasteiger charge is 2.28. The number of benzene rings is 1. The molecule has 1 aromatic carbocycles. The van der Waals surface area contributed by atoms with Gasteiger partial charge in [0, 0.05) is 12.6 Å². The summed E-state index contributed by atoms with van der Waals surface area (Å²) in [5, 5.41) is 8.95. The SMILES string of the molecule is O=C(O)C1CCC(NS(=O)(=O)CCCOCc2ccccc2)CC1. The number of hydrogen-bond donors (Lipinski definition) is 2. The molecule has 0 radical (unpaired) electrons. The number of carboxylic acid groups (broad SMARTS) is 1. The molecule has 7 heteroatoms. The van der Waals surface area contributed by atoms with Crippen LogP contribution >= 0.6 is 0 Å². The molecule has 1 aromatic rings. The Balaban J connectivity index is 1.62. The minimum absolute atomic E-state index is 0.0284. The third kappa shape index (κ3) is 6.59. The van der Waals surface area contributed by atoms with Gasteiger partial charge in [-0.2, -0.15) is 0 Å². The molecule has 2 N–H and O–H groups in total. The quantitative estimate of drug-likeness (QED) is 0.662. The molecule has 1 fully saturated rings. The Bertz CT molecular complexity index is 609. The summed E-state index contributed by atoms with van der Waals surface area (Å²) in [4.78, 5) is 10.9. The highest BCUT2D eigenvalue weighted by molar-refractivity contribution is 7.89. The molecule has 0 aromatic heterocycles. The summed E-state index contributed by atoms with van der Waals surface area (Å²) in [6.07, 6.45) is 2.67. The van der Waals surface area contributed by atoms with E-state index in [1.54, 1.807) is 0 Å². The van der Waals surface area contributed by atoms with Crippen molar-refractivity contribution in [3.63, 3.8) is 0 Å². The van der Waals surface area contributed by atoms with Crippen molar-refractivity contribution in [3.05, 3.63) is 35.9 Å². The van der Waals surface area contributed by atoms with Crippen LogP contribution in [0, 0.1) is 5.92 Å². The van der Waals surface area contributed by atoms with Crippen LogP contribution in [0.4, 0.5) is 0 Å². The van der Waals surface area contributed by atoms with E-state index >= 15 is 0 Å². The molecule has 24 heavy (non-hydrogen) atoms. The lowest BCUT2D eigenvalue weighted by molar-refractivity contribution is -0.142. The Labute approximate surface area is 143 Å². The van der Waals surface area contributed by atoms with Crippen LogP contribution in [0.2, 0.25) is 0 Å². The molecular formula is C17H25NO5S. The molecule has 0 bridgehead atoms. The molecule has 1 saturated carbocycles. The van der Waals surface area contributed by atoms with Crippen LogP contribution in [0.3, 0.4) is 0 Å². The predicted octanol–water partition coefficient (Wildman–Crippen LogP) is 2.16. The van der Waals surface area contributed by atoms with Crippen LogP contribution in [0.15, 0.2) is 30.3 Å². The molecule has 6 nitrogen and oxygen atoms in total. The number of ether oxygens (including phenoxy) is 1. The number of carbonyl (C=O) groups is 1. The van der Waals surface area contributed by atoms with E-state index in [0.717, 1.165) is 5.56 Å². The molecule has 0 aliphatic heterocycles. The van der Waals surface area contributed by atoms with Gasteiger partial charge in [-0.15, -0.1) is 0 Å². The summed E-state index contributed by atoms with van der Waals surface area (Å²) in [6.45, 7) is 0.870. The lowest BCUT2D eigenvalue weighted by atomic mass is 9.87. The van der Waals surface area contributed by atoms with Gasteiger partial charge in [0.25, 0.3) is 0 Å². The molecule has 0 atom stereocenters. The van der Waals surface area contributed by atoms with E-state index in [0.29, 0.717) is 45.3 Å². The van der Waals surface area contributed by atoms with Crippen LogP contribution in [-0.2, 0) is 26.2 Å². The molecular weight excluding hydrogens is 330 g/mol. The largest absolute Gasteiger partial charge is 0.481 e. The summed E-state index contributed by atoms with van der Waals surface area (Å²) >= 11 is 0. The van der Waals surface area contributed by atoms with Crippen LogP contribution < -0.4 is 4.72 Å². The van der Waals surface area contributed by atoms with E-state index in [1.807, 2.05) is 30.3 Å². The Morgan fingerprint density at radius 3 is 2.46 bits per heavy atom. The number of nitrogens with one attached hydrogen (secondary N) is 1. The van der Waals surface area contributed by atoms with E-state index in [-0.39, 0.29) is 17.7 Å². The van der Waals surface area contributed by atoms with E-state index in [9.17, 15) is 13.2 Å². The lowest BCUT2D eigenvalue weighted by Gasteiger charge is -2.26. The van der Waals surface area contributed by atoms with Crippen LogP contribution in [0.5, 0.6) is 0 Å². The molecule has 134 valence electrons. The van der Waals surface area contributed by atoms with E-state index in [1.165, 1.54) is 0 Å². The van der Waals surface area contributed by atoms with Gasteiger partial charge in [0.1, 0.15) is 0 Å². The number of aliphatic carboxylic acids is 1. The second-order valence-corrected chi connectivity index (χ2v) is 8.09. The minimum Gasteiger partial charge on any atom is -0.481 e. The average Bonchev–Trinajstić information content (AvgIpc) is 2.55.